The number of hydrogen-bond donors (Lipinski definition) is 1. The van der Waals surface area contributed by atoms with Crippen LogP contribution in [0.5, 0.6) is 5.75 Å². The van der Waals surface area contributed by atoms with E-state index in [1.165, 1.54) is 35.6 Å². The fraction of sp³-hybridized carbons (Fsp3) is 0.130. The zero-order valence-corrected chi connectivity index (χ0v) is 17.2. The van der Waals surface area contributed by atoms with E-state index in [9.17, 15) is 14.0 Å². The van der Waals surface area contributed by atoms with Crippen LogP contribution >= 0.6 is 11.3 Å². The highest BCUT2D eigenvalue weighted by molar-refractivity contribution is 7.11. The Morgan fingerprint density at radius 2 is 1.70 bits per heavy atom. The first-order valence-corrected chi connectivity index (χ1v) is 10.3. The molecule has 1 aromatic heterocycles. The zero-order valence-electron chi connectivity index (χ0n) is 16.4. The Morgan fingerprint density at radius 1 is 0.967 bits per heavy atom. The molecule has 1 N–H and O–H groups in total. The molecule has 0 atom stereocenters. The van der Waals surface area contributed by atoms with Crippen LogP contribution < -0.4 is 15.0 Å². The van der Waals surface area contributed by atoms with Gasteiger partial charge in [-0.2, -0.15) is 0 Å². The molecule has 2 amide bonds. The molecule has 7 heteroatoms. The molecule has 4 rings (SSSR count). The fourth-order valence-electron chi connectivity index (χ4n) is 3.19. The molecule has 0 radical (unpaired) electrons. The second-order valence-electron chi connectivity index (χ2n) is 6.94. The third-order valence-corrected chi connectivity index (χ3v) is 5.32. The van der Waals surface area contributed by atoms with Gasteiger partial charge in [0.15, 0.2) is 0 Å². The minimum Gasteiger partial charge on any atom is -0.489 e. The van der Waals surface area contributed by atoms with Gasteiger partial charge in [-0.05, 0) is 61.7 Å². The summed E-state index contributed by atoms with van der Waals surface area (Å²) in [4.78, 5) is 28.6. The highest BCUT2D eigenvalue weighted by Gasteiger charge is 2.41. The van der Waals surface area contributed by atoms with Gasteiger partial charge >= 0.3 is 0 Å². The molecule has 1 aliphatic heterocycles. The van der Waals surface area contributed by atoms with Crippen molar-refractivity contribution in [3.8, 4) is 5.75 Å². The van der Waals surface area contributed by atoms with E-state index >= 15 is 0 Å². The number of benzene rings is 2. The highest BCUT2D eigenvalue weighted by Crippen LogP contribution is 2.39. The Labute approximate surface area is 177 Å². The summed E-state index contributed by atoms with van der Waals surface area (Å²) in [6, 6.07) is 16.2. The molecule has 0 aliphatic carbocycles. The number of thiophene rings is 1. The first-order valence-electron chi connectivity index (χ1n) is 9.41. The SMILES string of the molecule is CC(C)Oc1ccccc1N1C(=O)C(Nc2ccc(F)cc2)=C(c2cccs2)C1=O. The third-order valence-electron chi connectivity index (χ3n) is 4.43. The summed E-state index contributed by atoms with van der Waals surface area (Å²) < 4.78 is 19.1. The molecule has 0 spiro atoms. The van der Waals surface area contributed by atoms with Gasteiger partial charge in [-0.1, -0.05) is 18.2 Å². The maximum Gasteiger partial charge on any atom is 0.282 e. The van der Waals surface area contributed by atoms with E-state index in [2.05, 4.69) is 5.32 Å². The Balaban J connectivity index is 1.79. The van der Waals surface area contributed by atoms with Crippen molar-refractivity contribution in [1.82, 2.24) is 0 Å². The van der Waals surface area contributed by atoms with Gasteiger partial charge in [-0.25, -0.2) is 9.29 Å². The van der Waals surface area contributed by atoms with Crippen molar-refractivity contribution in [2.45, 2.75) is 20.0 Å². The molecule has 0 fully saturated rings. The Kier molecular flexibility index (Phi) is 5.37. The lowest BCUT2D eigenvalue weighted by Gasteiger charge is -2.20. The molecule has 3 aromatic rings. The molecule has 0 saturated carbocycles. The number of rotatable bonds is 6. The number of para-hydroxylation sites is 2. The Morgan fingerprint density at radius 3 is 2.37 bits per heavy atom. The summed E-state index contributed by atoms with van der Waals surface area (Å²) in [5, 5.41) is 4.85. The van der Waals surface area contributed by atoms with E-state index < -0.39 is 11.8 Å². The quantitative estimate of drug-likeness (QED) is 0.564. The summed E-state index contributed by atoms with van der Waals surface area (Å²) >= 11 is 1.37. The third kappa shape index (κ3) is 3.71. The van der Waals surface area contributed by atoms with Gasteiger partial charge < -0.3 is 10.1 Å². The predicted octanol–water partition coefficient (Wildman–Crippen LogP) is 5.07. The average Bonchev–Trinajstić information content (AvgIpc) is 3.31. The number of ether oxygens (including phenoxy) is 1. The second kappa shape index (κ2) is 8.12. The average molecular weight is 422 g/mol. The lowest BCUT2D eigenvalue weighted by atomic mass is 10.2. The summed E-state index contributed by atoms with van der Waals surface area (Å²) in [7, 11) is 0. The van der Waals surface area contributed by atoms with E-state index in [4.69, 9.17) is 4.74 Å². The standard InChI is InChI=1S/C23H19FN2O3S/c1-14(2)29-18-7-4-3-6-17(18)26-22(27)20(19-8-5-13-30-19)21(23(26)28)25-16-11-9-15(24)10-12-16/h3-14,25H,1-2H3. The minimum atomic E-state index is -0.493. The van der Waals surface area contributed by atoms with Crippen molar-refractivity contribution in [2.24, 2.45) is 0 Å². The normalized spacial score (nSPS) is 14.1. The predicted molar refractivity (Wildman–Crippen MR) is 116 cm³/mol. The molecule has 30 heavy (non-hydrogen) atoms. The number of nitrogens with zero attached hydrogens (tertiary/aromatic N) is 1. The maximum absolute atomic E-state index is 13.4. The number of carbonyl (C=O) groups is 2. The van der Waals surface area contributed by atoms with Gasteiger partial charge in [0, 0.05) is 10.6 Å². The van der Waals surface area contributed by atoms with Crippen LogP contribution in [-0.2, 0) is 9.59 Å². The first kappa shape index (κ1) is 19.8. The molecule has 0 unspecified atom stereocenters. The van der Waals surface area contributed by atoms with Gasteiger partial charge in [-0.3, -0.25) is 9.59 Å². The Hall–Kier alpha value is -3.45. The highest BCUT2D eigenvalue weighted by atomic mass is 32.1. The lowest BCUT2D eigenvalue weighted by molar-refractivity contribution is -0.120. The van der Waals surface area contributed by atoms with Crippen molar-refractivity contribution in [3.63, 3.8) is 0 Å². The number of imide groups is 1. The molecule has 1 aliphatic rings. The summed E-state index contributed by atoms with van der Waals surface area (Å²) in [5.41, 5.74) is 1.31. The van der Waals surface area contributed by atoms with E-state index in [0.29, 0.717) is 22.0 Å². The van der Waals surface area contributed by atoms with Crippen LogP contribution in [0, 0.1) is 5.82 Å². The van der Waals surface area contributed by atoms with Gasteiger partial charge in [-0.15, -0.1) is 11.3 Å². The number of halogens is 1. The van der Waals surface area contributed by atoms with E-state index in [1.54, 1.807) is 30.3 Å². The Bertz CT molecular complexity index is 1120. The van der Waals surface area contributed by atoms with E-state index in [0.717, 1.165) is 4.90 Å². The van der Waals surface area contributed by atoms with Crippen LogP contribution in [0.25, 0.3) is 5.57 Å². The molecule has 0 saturated heterocycles. The number of carbonyl (C=O) groups excluding carboxylic acids is 2. The van der Waals surface area contributed by atoms with E-state index in [1.807, 2.05) is 25.3 Å². The van der Waals surface area contributed by atoms with Crippen LogP contribution in [0.4, 0.5) is 15.8 Å². The number of nitrogens with one attached hydrogen (secondary N) is 1. The monoisotopic (exact) mass is 422 g/mol. The minimum absolute atomic E-state index is 0.125. The molecular weight excluding hydrogens is 403 g/mol. The molecule has 152 valence electrons. The molecule has 2 heterocycles. The first-order chi connectivity index (χ1) is 14.5. The van der Waals surface area contributed by atoms with Crippen molar-refractivity contribution < 1.29 is 18.7 Å². The number of hydrogen-bond acceptors (Lipinski definition) is 5. The van der Waals surface area contributed by atoms with Crippen LogP contribution in [0.2, 0.25) is 0 Å². The molecule has 5 nitrogen and oxygen atoms in total. The van der Waals surface area contributed by atoms with Crippen LogP contribution in [0.1, 0.15) is 18.7 Å². The largest absolute Gasteiger partial charge is 0.489 e. The fourth-order valence-corrected chi connectivity index (χ4v) is 3.96. The molecule has 0 bridgehead atoms. The van der Waals surface area contributed by atoms with E-state index in [-0.39, 0.29) is 23.2 Å². The van der Waals surface area contributed by atoms with Crippen LogP contribution in [-0.4, -0.2) is 17.9 Å². The maximum atomic E-state index is 13.4. The molecule has 2 aromatic carbocycles. The lowest BCUT2D eigenvalue weighted by Crippen LogP contribution is -2.33. The zero-order chi connectivity index (χ0) is 21.3. The summed E-state index contributed by atoms with van der Waals surface area (Å²) in [6.45, 7) is 3.75. The van der Waals surface area contributed by atoms with Gasteiger partial charge in [0.25, 0.3) is 11.8 Å². The summed E-state index contributed by atoms with van der Waals surface area (Å²) in [5.74, 6) is -0.870. The summed E-state index contributed by atoms with van der Waals surface area (Å²) in [6.07, 6.45) is -0.125. The van der Waals surface area contributed by atoms with Gasteiger partial charge in [0.1, 0.15) is 17.3 Å². The van der Waals surface area contributed by atoms with Crippen LogP contribution in [0.15, 0.2) is 71.7 Å². The van der Waals surface area contributed by atoms with Gasteiger partial charge in [0.05, 0.1) is 17.4 Å². The number of amides is 2. The van der Waals surface area contributed by atoms with Crippen LogP contribution in [0.3, 0.4) is 0 Å². The van der Waals surface area contributed by atoms with Gasteiger partial charge in [0.2, 0.25) is 0 Å². The topological polar surface area (TPSA) is 58.6 Å². The van der Waals surface area contributed by atoms with Crippen molar-refractivity contribution in [2.75, 3.05) is 10.2 Å². The molecular formula is C23H19FN2O3S. The van der Waals surface area contributed by atoms with Crippen molar-refractivity contribution >= 4 is 40.1 Å². The van der Waals surface area contributed by atoms with Crippen molar-refractivity contribution in [1.29, 1.82) is 0 Å². The second-order valence-corrected chi connectivity index (χ2v) is 7.89. The number of anilines is 2. The van der Waals surface area contributed by atoms with Crippen molar-refractivity contribution in [3.05, 3.63) is 82.4 Å². The smallest absolute Gasteiger partial charge is 0.282 e.